The highest BCUT2D eigenvalue weighted by molar-refractivity contribution is 6.31. The number of hydrogen-bond acceptors (Lipinski definition) is 3. The Morgan fingerprint density at radius 2 is 2.24 bits per heavy atom. The first kappa shape index (κ1) is 12.1. The van der Waals surface area contributed by atoms with Gasteiger partial charge >= 0.3 is 0 Å². The lowest BCUT2D eigenvalue weighted by molar-refractivity contribution is 0.648. The summed E-state index contributed by atoms with van der Waals surface area (Å²) in [6.07, 6.45) is 1.92. The molecule has 4 nitrogen and oxygen atoms in total. The van der Waals surface area contributed by atoms with E-state index in [1.165, 1.54) is 0 Å². The van der Waals surface area contributed by atoms with Crippen LogP contribution < -0.4 is 5.32 Å². The Morgan fingerprint density at radius 1 is 1.41 bits per heavy atom. The zero-order chi connectivity index (χ0) is 12.3. The molecular formula is C12H15ClN4. The van der Waals surface area contributed by atoms with Gasteiger partial charge in [0.25, 0.3) is 0 Å². The second-order valence-electron chi connectivity index (χ2n) is 4.03. The second kappa shape index (κ2) is 5.29. The third kappa shape index (κ3) is 3.05. The van der Waals surface area contributed by atoms with Gasteiger partial charge in [-0.2, -0.15) is 0 Å². The third-order valence-corrected chi connectivity index (χ3v) is 2.84. The molecule has 1 aromatic carbocycles. The van der Waals surface area contributed by atoms with E-state index in [1.54, 1.807) is 4.68 Å². The fourth-order valence-electron chi connectivity index (χ4n) is 1.63. The first-order valence-electron chi connectivity index (χ1n) is 5.47. The second-order valence-corrected chi connectivity index (χ2v) is 4.44. The van der Waals surface area contributed by atoms with Crippen LogP contribution in [0.3, 0.4) is 0 Å². The standard InChI is InChI=1S/C12H15ClN4/c1-9-3-4-10(12(13)5-9)7-17-8-11(6-14-2)15-16-17/h3-5,8,14H,6-7H2,1-2H3. The Labute approximate surface area is 106 Å². The van der Waals surface area contributed by atoms with E-state index in [2.05, 4.69) is 15.6 Å². The lowest BCUT2D eigenvalue weighted by Crippen LogP contribution is -2.05. The van der Waals surface area contributed by atoms with Crippen LogP contribution in [-0.4, -0.2) is 22.0 Å². The maximum absolute atomic E-state index is 6.17. The van der Waals surface area contributed by atoms with Crippen molar-refractivity contribution in [1.29, 1.82) is 0 Å². The quantitative estimate of drug-likeness (QED) is 0.903. The summed E-state index contributed by atoms with van der Waals surface area (Å²) in [6, 6.07) is 6.03. The Morgan fingerprint density at radius 3 is 2.94 bits per heavy atom. The summed E-state index contributed by atoms with van der Waals surface area (Å²) in [7, 11) is 1.88. The lowest BCUT2D eigenvalue weighted by atomic mass is 10.1. The maximum atomic E-state index is 6.17. The highest BCUT2D eigenvalue weighted by Crippen LogP contribution is 2.18. The van der Waals surface area contributed by atoms with Gasteiger partial charge in [-0.25, -0.2) is 4.68 Å². The fraction of sp³-hybridized carbons (Fsp3) is 0.333. The molecule has 17 heavy (non-hydrogen) atoms. The Bertz CT molecular complexity index is 507. The minimum atomic E-state index is 0.649. The van der Waals surface area contributed by atoms with Crippen LogP contribution in [0.1, 0.15) is 16.8 Å². The van der Waals surface area contributed by atoms with E-state index in [1.807, 2.05) is 38.4 Å². The molecule has 0 unspecified atom stereocenters. The molecule has 1 heterocycles. The van der Waals surface area contributed by atoms with Crippen LogP contribution in [0.15, 0.2) is 24.4 Å². The van der Waals surface area contributed by atoms with E-state index >= 15 is 0 Å². The molecule has 2 rings (SSSR count). The molecule has 0 radical (unpaired) electrons. The zero-order valence-corrected chi connectivity index (χ0v) is 10.7. The highest BCUT2D eigenvalue weighted by atomic mass is 35.5. The number of rotatable bonds is 4. The van der Waals surface area contributed by atoms with E-state index in [0.29, 0.717) is 6.54 Å². The van der Waals surface area contributed by atoms with Gasteiger partial charge in [-0.1, -0.05) is 28.9 Å². The first-order chi connectivity index (χ1) is 8.19. The first-order valence-corrected chi connectivity index (χ1v) is 5.85. The van der Waals surface area contributed by atoms with Crippen LogP contribution in [0, 0.1) is 6.92 Å². The molecule has 0 spiro atoms. The molecule has 0 aliphatic heterocycles. The Balaban J connectivity index is 2.13. The normalized spacial score (nSPS) is 10.8. The Kier molecular flexibility index (Phi) is 3.76. The van der Waals surface area contributed by atoms with Crippen molar-refractivity contribution in [2.45, 2.75) is 20.0 Å². The summed E-state index contributed by atoms with van der Waals surface area (Å²) in [4.78, 5) is 0. The molecule has 1 N–H and O–H groups in total. The molecule has 0 fully saturated rings. The van der Waals surface area contributed by atoms with E-state index in [9.17, 15) is 0 Å². The molecule has 0 saturated carbocycles. The van der Waals surface area contributed by atoms with E-state index in [0.717, 1.165) is 28.4 Å². The molecular weight excluding hydrogens is 236 g/mol. The maximum Gasteiger partial charge on any atom is 0.0964 e. The van der Waals surface area contributed by atoms with Crippen LogP contribution in [0.5, 0.6) is 0 Å². The van der Waals surface area contributed by atoms with Gasteiger partial charge in [0, 0.05) is 11.6 Å². The molecule has 1 aromatic heterocycles. The third-order valence-electron chi connectivity index (χ3n) is 2.48. The zero-order valence-electron chi connectivity index (χ0n) is 9.94. The van der Waals surface area contributed by atoms with Gasteiger partial charge in [0.15, 0.2) is 0 Å². The molecule has 2 aromatic rings. The Hall–Kier alpha value is -1.39. The number of aromatic nitrogens is 3. The van der Waals surface area contributed by atoms with Gasteiger partial charge in [0.2, 0.25) is 0 Å². The van der Waals surface area contributed by atoms with E-state index < -0.39 is 0 Å². The summed E-state index contributed by atoms with van der Waals surface area (Å²) in [5.41, 5.74) is 3.14. The topological polar surface area (TPSA) is 42.7 Å². The van der Waals surface area contributed by atoms with Crippen molar-refractivity contribution in [2.75, 3.05) is 7.05 Å². The minimum absolute atomic E-state index is 0.649. The molecule has 0 aliphatic carbocycles. The number of hydrogen-bond donors (Lipinski definition) is 1. The number of aryl methyl sites for hydroxylation is 1. The van der Waals surface area contributed by atoms with Gasteiger partial charge in [0.1, 0.15) is 0 Å². The van der Waals surface area contributed by atoms with Crippen molar-refractivity contribution in [3.8, 4) is 0 Å². The lowest BCUT2D eigenvalue weighted by Gasteiger charge is -2.04. The van der Waals surface area contributed by atoms with Crippen molar-refractivity contribution in [3.05, 3.63) is 46.2 Å². The van der Waals surface area contributed by atoms with E-state index in [-0.39, 0.29) is 0 Å². The van der Waals surface area contributed by atoms with Crippen molar-refractivity contribution < 1.29 is 0 Å². The summed E-state index contributed by atoms with van der Waals surface area (Å²) in [5.74, 6) is 0. The number of benzene rings is 1. The number of nitrogens with zero attached hydrogens (tertiary/aromatic N) is 3. The van der Waals surface area contributed by atoms with E-state index in [4.69, 9.17) is 11.6 Å². The molecule has 5 heteroatoms. The van der Waals surface area contributed by atoms with Crippen molar-refractivity contribution in [1.82, 2.24) is 20.3 Å². The number of nitrogens with one attached hydrogen (secondary N) is 1. The molecule has 0 saturated heterocycles. The van der Waals surface area contributed by atoms with Gasteiger partial charge in [-0.15, -0.1) is 5.10 Å². The van der Waals surface area contributed by atoms with Crippen molar-refractivity contribution >= 4 is 11.6 Å². The van der Waals surface area contributed by atoms with Gasteiger partial charge in [-0.3, -0.25) is 0 Å². The van der Waals surface area contributed by atoms with Crippen LogP contribution in [0.25, 0.3) is 0 Å². The van der Waals surface area contributed by atoms with Crippen LogP contribution >= 0.6 is 11.6 Å². The molecule has 90 valence electrons. The molecule has 0 amide bonds. The average molecular weight is 251 g/mol. The van der Waals surface area contributed by atoms with Crippen LogP contribution in [0.2, 0.25) is 5.02 Å². The van der Waals surface area contributed by atoms with Gasteiger partial charge in [0.05, 0.1) is 18.4 Å². The number of halogens is 1. The fourth-order valence-corrected chi connectivity index (χ4v) is 1.93. The SMILES string of the molecule is CNCc1cn(Cc2ccc(C)cc2Cl)nn1. The van der Waals surface area contributed by atoms with Crippen LogP contribution in [0.4, 0.5) is 0 Å². The minimum Gasteiger partial charge on any atom is -0.314 e. The molecule has 0 atom stereocenters. The average Bonchev–Trinajstić information content (AvgIpc) is 2.71. The van der Waals surface area contributed by atoms with Crippen LogP contribution in [-0.2, 0) is 13.1 Å². The smallest absolute Gasteiger partial charge is 0.0964 e. The summed E-state index contributed by atoms with van der Waals surface area (Å²) < 4.78 is 1.79. The monoisotopic (exact) mass is 250 g/mol. The van der Waals surface area contributed by atoms with Gasteiger partial charge in [-0.05, 0) is 31.2 Å². The predicted molar refractivity (Wildman–Crippen MR) is 68.1 cm³/mol. The molecule has 0 bridgehead atoms. The van der Waals surface area contributed by atoms with Crippen molar-refractivity contribution in [3.63, 3.8) is 0 Å². The highest BCUT2D eigenvalue weighted by Gasteiger charge is 2.04. The summed E-state index contributed by atoms with van der Waals surface area (Å²) in [5, 5.41) is 11.9. The van der Waals surface area contributed by atoms with Crippen molar-refractivity contribution in [2.24, 2.45) is 0 Å². The largest absolute Gasteiger partial charge is 0.314 e. The summed E-state index contributed by atoms with van der Waals surface area (Å²) in [6.45, 7) is 3.40. The molecule has 0 aliphatic rings. The predicted octanol–water partition coefficient (Wildman–Crippen LogP) is 2.01. The summed E-state index contributed by atoms with van der Waals surface area (Å²) >= 11 is 6.17. The van der Waals surface area contributed by atoms with Gasteiger partial charge < -0.3 is 5.32 Å².